The number of nitrogens with one attached hydrogen (secondary N) is 1. The van der Waals surface area contributed by atoms with Crippen LogP contribution in [0.4, 0.5) is 0 Å². The van der Waals surface area contributed by atoms with Gasteiger partial charge in [0.15, 0.2) is 5.17 Å². The molecule has 2 aliphatic rings. The van der Waals surface area contributed by atoms with Gasteiger partial charge in [0.25, 0.3) is 0 Å². The molecule has 0 saturated heterocycles. The highest BCUT2D eigenvalue weighted by Crippen LogP contribution is 2.22. The lowest BCUT2D eigenvalue weighted by Crippen LogP contribution is -2.35. The van der Waals surface area contributed by atoms with Gasteiger partial charge in [-0.05, 0) is 31.9 Å². The van der Waals surface area contributed by atoms with E-state index in [4.69, 9.17) is 4.99 Å². The Labute approximate surface area is 110 Å². The van der Waals surface area contributed by atoms with Gasteiger partial charge in [0, 0.05) is 6.04 Å². The first-order valence-corrected chi connectivity index (χ1v) is 8.49. The lowest BCUT2D eigenvalue weighted by Gasteiger charge is -2.25. The Balaban J connectivity index is 1.83. The van der Waals surface area contributed by atoms with Crippen molar-refractivity contribution in [3.8, 4) is 0 Å². The van der Waals surface area contributed by atoms with Gasteiger partial charge in [-0.3, -0.25) is 4.99 Å². The van der Waals surface area contributed by atoms with Crippen molar-refractivity contribution in [2.24, 2.45) is 4.99 Å². The monoisotopic (exact) mass is 254 g/mol. The second-order valence-electron chi connectivity index (χ2n) is 5.41. The number of rotatable bonds is 2. The lowest BCUT2D eigenvalue weighted by molar-refractivity contribution is 0.411. The third-order valence-electron chi connectivity index (χ3n) is 4.00. The Bertz CT molecular complexity index is 241. The average Bonchev–Trinajstić information content (AvgIpc) is 2.40. The number of hydrogen-bond donors (Lipinski definition) is 1. The number of hydrogen-bond acceptors (Lipinski definition) is 2. The average molecular weight is 254 g/mol. The summed E-state index contributed by atoms with van der Waals surface area (Å²) < 4.78 is 0. The van der Waals surface area contributed by atoms with Crippen molar-refractivity contribution >= 4 is 16.9 Å². The van der Waals surface area contributed by atoms with Gasteiger partial charge >= 0.3 is 0 Å². The SMILES string of the molecule is CSC(=NC1CCCCC1)NC1CCCCC1. The van der Waals surface area contributed by atoms with Crippen LogP contribution >= 0.6 is 11.8 Å². The fourth-order valence-corrected chi connectivity index (χ4v) is 3.49. The van der Waals surface area contributed by atoms with Crippen LogP contribution in [0, 0.1) is 0 Å². The van der Waals surface area contributed by atoms with E-state index >= 15 is 0 Å². The molecule has 0 unspecified atom stereocenters. The molecule has 0 aromatic rings. The Morgan fingerprint density at radius 3 is 2.12 bits per heavy atom. The highest BCUT2D eigenvalue weighted by Gasteiger charge is 2.16. The van der Waals surface area contributed by atoms with Crippen LogP contribution in [-0.2, 0) is 0 Å². The van der Waals surface area contributed by atoms with Crippen molar-refractivity contribution in [3.05, 3.63) is 0 Å². The number of nitrogens with zero attached hydrogens (tertiary/aromatic N) is 1. The largest absolute Gasteiger partial charge is 0.362 e. The zero-order valence-electron chi connectivity index (χ0n) is 11.1. The molecular formula is C14H26N2S. The predicted molar refractivity (Wildman–Crippen MR) is 77.8 cm³/mol. The minimum Gasteiger partial charge on any atom is -0.362 e. The van der Waals surface area contributed by atoms with Gasteiger partial charge in [0.05, 0.1) is 6.04 Å². The van der Waals surface area contributed by atoms with Gasteiger partial charge in [-0.1, -0.05) is 50.3 Å². The summed E-state index contributed by atoms with van der Waals surface area (Å²) in [5, 5.41) is 4.86. The normalized spacial score (nSPS) is 24.9. The molecule has 1 N–H and O–H groups in total. The number of aliphatic imine (C=N–C) groups is 1. The number of amidine groups is 1. The maximum Gasteiger partial charge on any atom is 0.156 e. The minimum atomic E-state index is 0.599. The molecule has 0 aromatic carbocycles. The molecule has 17 heavy (non-hydrogen) atoms. The highest BCUT2D eigenvalue weighted by molar-refractivity contribution is 8.13. The van der Waals surface area contributed by atoms with Gasteiger partial charge in [0.1, 0.15) is 0 Å². The van der Waals surface area contributed by atoms with Gasteiger partial charge in [-0.15, -0.1) is 0 Å². The maximum atomic E-state index is 4.92. The van der Waals surface area contributed by atoms with Crippen LogP contribution in [0.5, 0.6) is 0 Å². The fourth-order valence-electron chi connectivity index (χ4n) is 2.95. The van der Waals surface area contributed by atoms with E-state index in [2.05, 4.69) is 11.6 Å². The van der Waals surface area contributed by atoms with E-state index in [9.17, 15) is 0 Å². The first kappa shape index (κ1) is 13.3. The Hall–Kier alpha value is -0.180. The second kappa shape index (κ2) is 7.30. The van der Waals surface area contributed by atoms with Crippen molar-refractivity contribution < 1.29 is 0 Å². The molecule has 0 amide bonds. The summed E-state index contributed by atoms with van der Waals surface area (Å²) in [6, 6.07) is 1.29. The van der Waals surface area contributed by atoms with Crippen molar-refractivity contribution in [1.29, 1.82) is 0 Å². The summed E-state index contributed by atoms with van der Waals surface area (Å²) >= 11 is 1.80. The summed E-state index contributed by atoms with van der Waals surface area (Å²) in [5.41, 5.74) is 0. The standard InChI is InChI=1S/C14H26N2S/c1-17-14(15-12-8-4-2-5-9-12)16-13-10-6-3-7-11-13/h12-13H,2-11H2,1H3,(H,15,16). The molecular weight excluding hydrogens is 228 g/mol. The van der Waals surface area contributed by atoms with Gasteiger partial charge < -0.3 is 5.32 Å². The molecule has 2 nitrogen and oxygen atoms in total. The van der Waals surface area contributed by atoms with E-state index < -0.39 is 0 Å². The first-order chi connectivity index (χ1) is 8.38. The van der Waals surface area contributed by atoms with E-state index in [0.717, 1.165) is 0 Å². The highest BCUT2D eigenvalue weighted by atomic mass is 32.2. The second-order valence-corrected chi connectivity index (χ2v) is 6.20. The quantitative estimate of drug-likeness (QED) is 0.596. The van der Waals surface area contributed by atoms with Crippen LogP contribution in [0.25, 0.3) is 0 Å². The molecule has 0 atom stereocenters. The van der Waals surface area contributed by atoms with E-state index in [-0.39, 0.29) is 0 Å². The molecule has 3 heteroatoms. The molecule has 0 aliphatic heterocycles. The summed E-state index contributed by atoms with van der Waals surface area (Å²) in [7, 11) is 0. The predicted octanol–water partition coefficient (Wildman–Crippen LogP) is 3.96. The third kappa shape index (κ3) is 4.53. The molecule has 0 bridgehead atoms. The van der Waals surface area contributed by atoms with Gasteiger partial charge in [-0.2, -0.15) is 0 Å². The summed E-state index contributed by atoms with van der Waals surface area (Å²) in [4.78, 5) is 4.92. The van der Waals surface area contributed by atoms with Crippen molar-refractivity contribution in [3.63, 3.8) is 0 Å². The van der Waals surface area contributed by atoms with E-state index in [1.807, 2.05) is 0 Å². The zero-order valence-corrected chi connectivity index (χ0v) is 11.9. The zero-order chi connectivity index (χ0) is 11.9. The number of thioether (sulfide) groups is 1. The Morgan fingerprint density at radius 1 is 0.941 bits per heavy atom. The fraction of sp³-hybridized carbons (Fsp3) is 0.929. The van der Waals surface area contributed by atoms with Gasteiger partial charge in [0.2, 0.25) is 0 Å². The molecule has 0 radical (unpaired) electrons. The summed E-state index contributed by atoms with van der Waals surface area (Å²) in [6.07, 6.45) is 15.8. The van der Waals surface area contributed by atoms with Crippen LogP contribution < -0.4 is 5.32 Å². The molecule has 2 rings (SSSR count). The molecule has 0 heterocycles. The Morgan fingerprint density at radius 2 is 1.53 bits per heavy atom. The Kier molecular flexibility index (Phi) is 5.69. The topological polar surface area (TPSA) is 24.4 Å². The third-order valence-corrected chi connectivity index (χ3v) is 4.61. The van der Waals surface area contributed by atoms with Crippen LogP contribution in [0.3, 0.4) is 0 Å². The molecule has 2 saturated carbocycles. The van der Waals surface area contributed by atoms with E-state index in [1.54, 1.807) is 11.8 Å². The maximum absolute atomic E-state index is 4.92. The molecule has 2 fully saturated rings. The smallest absolute Gasteiger partial charge is 0.156 e. The molecule has 98 valence electrons. The summed E-state index contributed by atoms with van der Waals surface area (Å²) in [5.74, 6) is 0. The minimum absolute atomic E-state index is 0.599. The first-order valence-electron chi connectivity index (χ1n) is 7.27. The van der Waals surface area contributed by atoms with Crippen molar-refractivity contribution in [2.75, 3.05) is 6.26 Å². The van der Waals surface area contributed by atoms with E-state index in [0.29, 0.717) is 12.1 Å². The van der Waals surface area contributed by atoms with Crippen LogP contribution in [0.15, 0.2) is 4.99 Å². The van der Waals surface area contributed by atoms with Crippen LogP contribution in [0.1, 0.15) is 64.2 Å². The van der Waals surface area contributed by atoms with Gasteiger partial charge in [-0.25, -0.2) is 0 Å². The van der Waals surface area contributed by atoms with Crippen molar-refractivity contribution in [1.82, 2.24) is 5.32 Å². The van der Waals surface area contributed by atoms with Crippen LogP contribution in [-0.4, -0.2) is 23.5 Å². The van der Waals surface area contributed by atoms with Crippen LogP contribution in [0.2, 0.25) is 0 Å². The van der Waals surface area contributed by atoms with E-state index in [1.165, 1.54) is 69.4 Å². The lowest BCUT2D eigenvalue weighted by atomic mass is 9.95. The molecule has 0 spiro atoms. The van der Waals surface area contributed by atoms with Crippen molar-refractivity contribution in [2.45, 2.75) is 76.3 Å². The molecule has 0 aromatic heterocycles. The summed E-state index contributed by atoms with van der Waals surface area (Å²) in [6.45, 7) is 0. The molecule has 2 aliphatic carbocycles.